The number of halogens is 1. The second-order valence-electron chi connectivity index (χ2n) is 4.96. The van der Waals surface area contributed by atoms with E-state index in [9.17, 15) is 0 Å². The molecular weight excluding hydrogens is 308 g/mol. The first kappa shape index (κ1) is 14.4. The maximum absolute atomic E-state index is 5.90. The van der Waals surface area contributed by atoms with Crippen molar-refractivity contribution >= 4 is 34.7 Å². The van der Waals surface area contributed by atoms with E-state index >= 15 is 0 Å². The highest BCUT2D eigenvalue weighted by atomic mass is 35.5. The lowest BCUT2D eigenvalue weighted by Gasteiger charge is -1.98. The summed E-state index contributed by atoms with van der Waals surface area (Å²) in [7, 11) is 2.00. The Labute approximate surface area is 133 Å². The molecule has 106 valence electrons. The van der Waals surface area contributed by atoms with E-state index in [2.05, 4.69) is 17.4 Å². The second-order valence-corrected chi connectivity index (χ2v) is 7.62. The average Bonchev–Trinajstić information content (AvgIpc) is 3.21. The van der Waals surface area contributed by atoms with Gasteiger partial charge in [-0.2, -0.15) is 0 Å². The molecule has 20 heavy (non-hydrogen) atoms. The molecule has 0 amide bonds. The normalized spacial score (nSPS) is 14.7. The summed E-state index contributed by atoms with van der Waals surface area (Å²) in [6.45, 7) is 0.940. The molecule has 1 aliphatic rings. The average molecular weight is 325 g/mol. The molecule has 1 heterocycles. The summed E-state index contributed by atoms with van der Waals surface area (Å²) in [5, 5.41) is 5.27. The Morgan fingerprint density at radius 2 is 2.10 bits per heavy atom. The fraction of sp³-hybridized carbons (Fsp3) is 0.400. The van der Waals surface area contributed by atoms with Crippen molar-refractivity contribution < 1.29 is 0 Å². The molecule has 0 bridgehead atoms. The lowest BCUT2D eigenvalue weighted by Crippen LogP contribution is -2.05. The van der Waals surface area contributed by atoms with Crippen LogP contribution in [-0.2, 0) is 12.3 Å². The van der Waals surface area contributed by atoms with Crippen LogP contribution in [0.15, 0.2) is 29.2 Å². The summed E-state index contributed by atoms with van der Waals surface area (Å²) >= 11 is 9.58. The molecule has 1 aromatic carbocycles. The molecule has 1 fully saturated rings. The van der Waals surface area contributed by atoms with E-state index in [4.69, 9.17) is 16.6 Å². The standard InChI is InChI=1S/C15H17ClN2S2/c1-17-8-13-15(10-2-3-10)18-14(20-13)9-19-12-6-4-11(16)5-7-12/h4-7,10,17H,2-3,8-9H2,1H3. The predicted octanol–water partition coefficient (Wildman–Crippen LogP) is 4.69. The van der Waals surface area contributed by atoms with Gasteiger partial charge in [-0.3, -0.25) is 0 Å². The second kappa shape index (κ2) is 6.48. The topological polar surface area (TPSA) is 24.9 Å². The molecule has 2 aromatic rings. The zero-order valence-corrected chi connectivity index (χ0v) is 13.7. The van der Waals surface area contributed by atoms with Gasteiger partial charge in [0, 0.05) is 27.3 Å². The monoisotopic (exact) mass is 324 g/mol. The Morgan fingerprint density at radius 1 is 1.35 bits per heavy atom. The van der Waals surface area contributed by atoms with Crippen molar-refractivity contribution in [3.05, 3.63) is 44.9 Å². The largest absolute Gasteiger partial charge is 0.315 e. The zero-order valence-electron chi connectivity index (χ0n) is 11.4. The van der Waals surface area contributed by atoms with Gasteiger partial charge in [0.05, 0.1) is 11.4 Å². The molecular formula is C15H17ClN2S2. The van der Waals surface area contributed by atoms with E-state index in [1.54, 1.807) is 0 Å². The molecule has 0 saturated heterocycles. The van der Waals surface area contributed by atoms with Gasteiger partial charge in [0.25, 0.3) is 0 Å². The highest BCUT2D eigenvalue weighted by molar-refractivity contribution is 7.98. The molecule has 3 rings (SSSR count). The molecule has 0 unspecified atom stereocenters. The summed E-state index contributed by atoms with van der Waals surface area (Å²) in [6, 6.07) is 8.01. The lowest BCUT2D eigenvalue weighted by molar-refractivity contribution is 0.812. The Balaban J connectivity index is 1.67. The Kier molecular flexibility index (Phi) is 4.66. The summed E-state index contributed by atoms with van der Waals surface area (Å²) in [5.41, 5.74) is 1.34. The van der Waals surface area contributed by atoms with Crippen LogP contribution in [0.25, 0.3) is 0 Å². The summed E-state index contributed by atoms with van der Waals surface area (Å²) in [5.74, 6) is 1.67. The minimum Gasteiger partial charge on any atom is -0.315 e. The highest BCUT2D eigenvalue weighted by Crippen LogP contribution is 2.43. The summed E-state index contributed by atoms with van der Waals surface area (Å²) in [4.78, 5) is 7.52. The third kappa shape index (κ3) is 3.55. The van der Waals surface area contributed by atoms with Crippen LogP contribution >= 0.6 is 34.7 Å². The molecule has 1 saturated carbocycles. The smallest absolute Gasteiger partial charge is 0.103 e. The van der Waals surface area contributed by atoms with Gasteiger partial charge in [0.1, 0.15) is 5.01 Å². The fourth-order valence-corrected chi connectivity index (χ4v) is 4.30. The number of hydrogen-bond donors (Lipinski definition) is 1. The van der Waals surface area contributed by atoms with Gasteiger partial charge in [-0.25, -0.2) is 4.98 Å². The number of hydrogen-bond acceptors (Lipinski definition) is 4. The molecule has 0 aliphatic heterocycles. The van der Waals surface area contributed by atoms with Crippen molar-refractivity contribution in [3.63, 3.8) is 0 Å². The number of nitrogens with zero attached hydrogens (tertiary/aromatic N) is 1. The van der Waals surface area contributed by atoms with E-state index < -0.39 is 0 Å². The first-order valence-corrected chi connectivity index (χ1v) is 8.95. The Bertz CT molecular complexity index is 576. The molecule has 1 N–H and O–H groups in total. The quantitative estimate of drug-likeness (QED) is 0.780. The molecule has 1 aliphatic carbocycles. The predicted molar refractivity (Wildman–Crippen MR) is 87.9 cm³/mol. The van der Waals surface area contributed by atoms with E-state index in [1.165, 1.54) is 33.3 Å². The minimum absolute atomic E-state index is 0.726. The Hall–Kier alpha value is -0.550. The molecule has 5 heteroatoms. The van der Waals surface area contributed by atoms with Crippen LogP contribution in [0.4, 0.5) is 0 Å². The van der Waals surface area contributed by atoms with Crippen molar-refractivity contribution in [2.45, 2.75) is 36.0 Å². The summed E-state index contributed by atoms with van der Waals surface area (Å²) < 4.78 is 0. The van der Waals surface area contributed by atoms with Crippen LogP contribution in [-0.4, -0.2) is 12.0 Å². The minimum atomic E-state index is 0.726. The maximum Gasteiger partial charge on any atom is 0.103 e. The first-order chi connectivity index (χ1) is 9.76. The lowest BCUT2D eigenvalue weighted by atomic mass is 10.2. The molecule has 0 spiro atoms. The number of aromatic nitrogens is 1. The number of thioether (sulfide) groups is 1. The number of rotatable bonds is 6. The first-order valence-electron chi connectivity index (χ1n) is 6.77. The van der Waals surface area contributed by atoms with Crippen molar-refractivity contribution in [2.24, 2.45) is 0 Å². The van der Waals surface area contributed by atoms with Gasteiger partial charge in [-0.15, -0.1) is 23.1 Å². The molecule has 0 radical (unpaired) electrons. The van der Waals surface area contributed by atoms with Crippen molar-refractivity contribution in [1.29, 1.82) is 0 Å². The van der Waals surface area contributed by atoms with Gasteiger partial charge in [-0.1, -0.05) is 11.6 Å². The van der Waals surface area contributed by atoms with Crippen molar-refractivity contribution in [2.75, 3.05) is 7.05 Å². The van der Waals surface area contributed by atoms with E-state index in [1.807, 2.05) is 42.3 Å². The third-order valence-corrected chi connectivity index (χ3v) is 5.78. The third-order valence-electron chi connectivity index (χ3n) is 3.25. The van der Waals surface area contributed by atoms with Gasteiger partial charge in [0.15, 0.2) is 0 Å². The van der Waals surface area contributed by atoms with Crippen LogP contribution in [0, 0.1) is 0 Å². The van der Waals surface area contributed by atoms with Crippen LogP contribution in [0.1, 0.15) is 34.3 Å². The SMILES string of the molecule is CNCc1sc(CSc2ccc(Cl)cc2)nc1C1CC1. The van der Waals surface area contributed by atoms with Crippen LogP contribution in [0.5, 0.6) is 0 Å². The fourth-order valence-electron chi connectivity index (χ4n) is 2.11. The van der Waals surface area contributed by atoms with Crippen LogP contribution in [0.2, 0.25) is 5.02 Å². The maximum atomic E-state index is 5.90. The number of nitrogens with one attached hydrogen (secondary N) is 1. The summed E-state index contributed by atoms with van der Waals surface area (Å²) in [6.07, 6.45) is 2.62. The molecule has 2 nitrogen and oxygen atoms in total. The molecule has 1 aromatic heterocycles. The highest BCUT2D eigenvalue weighted by Gasteiger charge is 2.29. The Morgan fingerprint density at radius 3 is 2.75 bits per heavy atom. The van der Waals surface area contributed by atoms with E-state index in [-0.39, 0.29) is 0 Å². The van der Waals surface area contributed by atoms with Gasteiger partial charge >= 0.3 is 0 Å². The van der Waals surface area contributed by atoms with Crippen molar-refractivity contribution in [3.8, 4) is 0 Å². The van der Waals surface area contributed by atoms with Crippen molar-refractivity contribution in [1.82, 2.24) is 10.3 Å². The van der Waals surface area contributed by atoms with E-state index in [0.717, 1.165) is 23.2 Å². The van der Waals surface area contributed by atoms with Gasteiger partial charge in [-0.05, 0) is 44.2 Å². The van der Waals surface area contributed by atoms with Gasteiger partial charge in [0.2, 0.25) is 0 Å². The molecule has 0 atom stereocenters. The van der Waals surface area contributed by atoms with Crippen LogP contribution in [0.3, 0.4) is 0 Å². The van der Waals surface area contributed by atoms with E-state index in [0.29, 0.717) is 0 Å². The number of thiazole rings is 1. The van der Waals surface area contributed by atoms with Crippen LogP contribution < -0.4 is 5.32 Å². The zero-order chi connectivity index (χ0) is 13.9. The van der Waals surface area contributed by atoms with Gasteiger partial charge < -0.3 is 5.32 Å². The number of benzene rings is 1.